The van der Waals surface area contributed by atoms with E-state index in [4.69, 9.17) is 0 Å². The summed E-state index contributed by atoms with van der Waals surface area (Å²) in [5.74, 6) is 2.31. The minimum atomic E-state index is 0.175. The van der Waals surface area contributed by atoms with Crippen molar-refractivity contribution in [2.24, 2.45) is 23.7 Å². The van der Waals surface area contributed by atoms with Gasteiger partial charge in [0.05, 0.1) is 0 Å². The third-order valence-electron chi connectivity index (χ3n) is 8.04. The molecular weight excluding hydrogens is 412 g/mol. The van der Waals surface area contributed by atoms with Crippen molar-refractivity contribution in [3.05, 3.63) is 30.1 Å². The van der Waals surface area contributed by atoms with Crippen LogP contribution in [0.25, 0.3) is 0 Å². The summed E-state index contributed by atoms with van der Waals surface area (Å²) in [5, 5.41) is 3.28. The molecule has 0 aliphatic carbocycles. The van der Waals surface area contributed by atoms with E-state index in [1.54, 1.807) is 0 Å². The molecule has 4 heterocycles. The Labute approximate surface area is 199 Å². The normalized spacial score (nSPS) is 32.4. The predicted octanol–water partition coefficient (Wildman–Crippen LogP) is 3.86. The number of carbonyl (C=O) groups is 2. The number of hydrogen-bond acceptors (Lipinski definition) is 4. The van der Waals surface area contributed by atoms with E-state index in [1.807, 2.05) is 18.5 Å². The summed E-state index contributed by atoms with van der Waals surface area (Å²) < 4.78 is 0. The summed E-state index contributed by atoms with van der Waals surface area (Å²) >= 11 is 0. The van der Waals surface area contributed by atoms with Crippen LogP contribution in [0.15, 0.2) is 24.5 Å². The number of fused-ring (bicyclic) bond motifs is 4. The fourth-order valence-electron chi connectivity index (χ4n) is 6.29. The number of rotatable bonds is 3. The summed E-state index contributed by atoms with van der Waals surface area (Å²) in [6.45, 7) is 10.4. The molecule has 1 N–H and O–H groups in total. The van der Waals surface area contributed by atoms with Gasteiger partial charge in [-0.25, -0.2) is 0 Å². The van der Waals surface area contributed by atoms with Crippen LogP contribution in [0.4, 0.5) is 0 Å². The Bertz CT molecular complexity index is 799. The van der Waals surface area contributed by atoms with Gasteiger partial charge in [0.25, 0.3) is 0 Å². The van der Waals surface area contributed by atoms with Crippen molar-refractivity contribution in [2.75, 3.05) is 19.6 Å². The van der Waals surface area contributed by atoms with Gasteiger partial charge in [0.2, 0.25) is 11.8 Å². The number of pyridine rings is 1. The molecule has 0 radical (unpaired) electrons. The lowest BCUT2D eigenvalue weighted by Gasteiger charge is -2.51. The van der Waals surface area contributed by atoms with Crippen LogP contribution < -0.4 is 5.32 Å². The van der Waals surface area contributed by atoms with Gasteiger partial charge in [-0.05, 0) is 67.4 Å². The lowest BCUT2D eigenvalue weighted by atomic mass is 9.77. The van der Waals surface area contributed by atoms with Crippen molar-refractivity contribution < 1.29 is 9.59 Å². The van der Waals surface area contributed by atoms with Crippen LogP contribution in [0.2, 0.25) is 0 Å². The van der Waals surface area contributed by atoms with E-state index in [9.17, 15) is 9.59 Å². The zero-order valence-corrected chi connectivity index (χ0v) is 20.7. The van der Waals surface area contributed by atoms with Crippen molar-refractivity contribution in [3.8, 4) is 0 Å². The second kappa shape index (κ2) is 11.0. The maximum absolute atomic E-state index is 13.5. The monoisotopic (exact) mass is 454 g/mol. The minimum Gasteiger partial charge on any atom is -0.353 e. The van der Waals surface area contributed by atoms with Crippen LogP contribution in [0, 0.1) is 23.7 Å². The first kappa shape index (κ1) is 24.2. The predicted molar refractivity (Wildman–Crippen MR) is 130 cm³/mol. The first-order valence-corrected chi connectivity index (χ1v) is 13.1. The molecule has 3 aliphatic heterocycles. The zero-order chi connectivity index (χ0) is 23.4. The summed E-state index contributed by atoms with van der Waals surface area (Å²) in [5.41, 5.74) is 1.26. The number of aromatic nitrogens is 1. The van der Waals surface area contributed by atoms with E-state index in [-0.39, 0.29) is 18.0 Å². The number of likely N-dealkylation sites (tertiary alicyclic amines) is 1. The van der Waals surface area contributed by atoms with Gasteiger partial charge in [-0.1, -0.05) is 26.8 Å². The second-order valence-electron chi connectivity index (χ2n) is 11.2. The summed E-state index contributed by atoms with van der Waals surface area (Å²) in [6, 6.07) is 4.62. The molecule has 0 aromatic carbocycles. The number of piperidine rings is 2. The third-order valence-corrected chi connectivity index (χ3v) is 8.04. The second-order valence-corrected chi connectivity index (χ2v) is 11.2. The topological polar surface area (TPSA) is 65.5 Å². The van der Waals surface area contributed by atoms with E-state index in [1.165, 1.54) is 12.0 Å². The third kappa shape index (κ3) is 6.34. The molecule has 1 aromatic heterocycles. The van der Waals surface area contributed by atoms with E-state index in [2.05, 4.69) is 46.9 Å². The molecule has 3 fully saturated rings. The maximum atomic E-state index is 13.5. The summed E-state index contributed by atoms with van der Waals surface area (Å²) in [6.07, 6.45) is 9.91. The van der Waals surface area contributed by atoms with Crippen LogP contribution in [-0.2, 0) is 16.1 Å². The van der Waals surface area contributed by atoms with Crippen molar-refractivity contribution >= 4 is 11.8 Å². The highest BCUT2D eigenvalue weighted by molar-refractivity contribution is 5.77. The molecule has 6 heteroatoms. The highest BCUT2D eigenvalue weighted by Crippen LogP contribution is 2.37. The molecule has 2 amide bonds. The van der Waals surface area contributed by atoms with E-state index < -0.39 is 0 Å². The van der Waals surface area contributed by atoms with Crippen molar-refractivity contribution in [2.45, 2.75) is 84.3 Å². The van der Waals surface area contributed by atoms with Gasteiger partial charge in [0, 0.05) is 63.5 Å². The Morgan fingerprint density at radius 2 is 2.00 bits per heavy atom. The van der Waals surface area contributed by atoms with Gasteiger partial charge in [-0.15, -0.1) is 0 Å². The summed E-state index contributed by atoms with van der Waals surface area (Å²) in [4.78, 5) is 35.2. The quantitative estimate of drug-likeness (QED) is 0.753. The number of nitrogens with zero attached hydrogens (tertiary/aromatic N) is 3. The molecule has 33 heavy (non-hydrogen) atoms. The average molecular weight is 455 g/mol. The Morgan fingerprint density at radius 1 is 1.15 bits per heavy atom. The van der Waals surface area contributed by atoms with E-state index in [0.29, 0.717) is 42.4 Å². The highest BCUT2D eigenvalue weighted by Gasteiger charge is 2.42. The van der Waals surface area contributed by atoms with Crippen LogP contribution in [0.5, 0.6) is 0 Å². The van der Waals surface area contributed by atoms with Gasteiger partial charge >= 0.3 is 0 Å². The van der Waals surface area contributed by atoms with E-state index in [0.717, 1.165) is 51.9 Å². The van der Waals surface area contributed by atoms with E-state index >= 15 is 0 Å². The summed E-state index contributed by atoms with van der Waals surface area (Å²) in [7, 11) is 0. The molecule has 3 aliphatic rings. The smallest absolute Gasteiger partial charge is 0.223 e. The van der Waals surface area contributed by atoms with Gasteiger partial charge in [0.15, 0.2) is 0 Å². The Balaban J connectivity index is 1.47. The zero-order valence-electron chi connectivity index (χ0n) is 20.7. The van der Waals surface area contributed by atoms with Crippen LogP contribution in [0.1, 0.15) is 71.3 Å². The molecule has 5 atom stereocenters. The fourth-order valence-corrected chi connectivity index (χ4v) is 6.29. The molecular formula is C27H42N4O2. The van der Waals surface area contributed by atoms with Crippen molar-refractivity contribution in [1.82, 2.24) is 20.1 Å². The molecule has 0 spiro atoms. The molecule has 2 bridgehead atoms. The largest absolute Gasteiger partial charge is 0.353 e. The SMILES string of the molecule is CC(C)[C@@H]1CC[C@@H](C)CC(=O)N2C[C@H]3C[C@H](CN(Cc4cccnc4)C3)[C@@H]2CCCC(=O)N1. The first-order valence-electron chi connectivity index (χ1n) is 13.1. The molecule has 3 saturated heterocycles. The van der Waals surface area contributed by atoms with Gasteiger partial charge in [-0.3, -0.25) is 19.5 Å². The lowest BCUT2D eigenvalue weighted by molar-refractivity contribution is -0.142. The van der Waals surface area contributed by atoms with Crippen LogP contribution in [-0.4, -0.2) is 58.3 Å². The number of carbonyl (C=O) groups excluding carboxylic acids is 2. The Morgan fingerprint density at radius 3 is 2.76 bits per heavy atom. The first-order chi connectivity index (χ1) is 15.9. The van der Waals surface area contributed by atoms with Crippen LogP contribution >= 0.6 is 0 Å². The standard InChI is InChI=1S/C27H42N4O2/c1-19(2)24-10-9-20(3)12-27(33)31-17-22-13-23(25(31)7-4-8-26(32)29-24)18-30(16-22)15-21-6-5-11-28-14-21/h5-6,11,14,19-20,22-25H,4,7-10,12-13,15-18H2,1-3H3,(H,29,32)/t20-,22+,23-,24+,25+/m1/s1. The molecule has 4 rings (SSSR count). The maximum Gasteiger partial charge on any atom is 0.223 e. The average Bonchev–Trinajstić information content (AvgIpc) is 2.78. The van der Waals surface area contributed by atoms with Crippen molar-refractivity contribution in [3.63, 3.8) is 0 Å². The highest BCUT2D eigenvalue weighted by atomic mass is 16.2. The fraction of sp³-hybridized carbons (Fsp3) is 0.741. The molecule has 6 nitrogen and oxygen atoms in total. The van der Waals surface area contributed by atoms with Gasteiger partial charge in [-0.2, -0.15) is 0 Å². The van der Waals surface area contributed by atoms with Gasteiger partial charge in [0.1, 0.15) is 0 Å². The minimum absolute atomic E-state index is 0.175. The number of amides is 2. The Hall–Kier alpha value is -1.95. The van der Waals surface area contributed by atoms with Crippen molar-refractivity contribution in [1.29, 1.82) is 0 Å². The molecule has 0 unspecified atom stereocenters. The van der Waals surface area contributed by atoms with Crippen LogP contribution in [0.3, 0.4) is 0 Å². The molecule has 0 saturated carbocycles. The number of hydrogen-bond donors (Lipinski definition) is 1. The Kier molecular flexibility index (Phi) is 8.05. The lowest BCUT2D eigenvalue weighted by Crippen LogP contribution is -2.59. The molecule has 182 valence electrons. The molecule has 1 aromatic rings. The number of nitrogens with one attached hydrogen (secondary N) is 1. The van der Waals surface area contributed by atoms with Gasteiger partial charge < -0.3 is 10.2 Å².